The number of aryl methyl sites for hydroxylation is 1. The normalized spacial score (nSPS) is 15.2. The van der Waals surface area contributed by atoms with Crippen LogP contribution in [0.1, 0.15) is 29.3 Å². The number of thioether (sulfide) groups is 1. The van der Waals surface area contributed by atoms with E-state index in [1.54, 1.807) is 27.4 Å². The SMILES string of the molecule is C[C@@H]1CCc2c(sc3nc(SCC(=O)Nc4sccc4C#N)n(-c4ccccc4)c(=O)c23)C1. The Morgan fingerprint density at radius 1 is 1.33 bits per heavy atom. The molecule has 0 radical (unpaired) electrons. The molecule has 0 spiro atoms. The Morgan fingerprint density at radius 3 is 2.94 bits per heavy atom. The van der Waals surface area contributed by atoms with E-state index >= 15 is 0 Å². The summed E-state index contributed by atoms with van der Waals surface area (Å²) in [5.41, 5.74) is 2.24. The summed E-state index contributed by atoms with van der Waals surface area (Å²) in [6.07, 6.45) is 2.96. The van der Waals surface area contributed by atoms with E-state index in [4.69, 9.17) is 10.2 Å². The zero-order valence-corrected chi connectivity index (χ0v) is 20.3. The van der Waals surface area contributed by atoms with Gasteiger partial charge in [0.05, 0.1) is 22.4 Å². The first-order chi connectivity index (χ1) is 16.0. The molecule has 33 heavy (non-hydrogen) atoms. The van der Waals surface area contributed by atoms with Crippen LogP contribution in [0.2, 0.25) is 0 Å². The van der Waals surface area contributed by atoms with Crippen LogP contribution < -0.4 is 10.9 Å². The van der Waals surface area contributed by atoms with Gasteiger partial charge in [0.25, 0.3) is 5.56 Å². The number of anilines is 1. The van der Waals surface area contributed by atoms with Crippen molar-refractivity contribution in [1.82, 2.24) is 9.55 Å². The number of fused-ring (bicyclic) bond motifs is 3. The van der Waals surface area contributed by atoms with Crippen LogP contribution in [0.3, 0.4) is 0 Å². The minimum atomic E-state index is -0.243. The van der Waals surface area contributed by atoms with Gasteiger partial charge < -0.3 is 5.32 Å². The maximum absolute atomic E-state index is 13.7. The molecule has 0 unspecified atom stereocenters. The zero-order chi connectivity index (χ0) is 22.9. The van der Waals surface area contributed by atoms with Gasteiger partial charge in [-0.25, -0.2) is 4.98 Å². The van der Waals surface area contributed by atoms with E-state index in [1.165, 1.54) is 28.0 Å². The molecule has 1 amide bonds. The Balaban J connectivity index is 1.52. The lowest BCUT2D eigenvalue weighted by Gasteiger charge is -2.17. The topological polar surface area (TPSA) is 87.8 Å². The van der Waals surface area contributed by atoms with E-state index in [0.717, 1.165) is 40.7 Å². The second-order valence-electron chi connectivity index (χ2n) is 8.01. The fourth-order valence-corrected chi connectivity index (χ4v) is 7.05. The van der Waals surface area contributed by atoms with Crippen molar-refractivity contribution in [1.29, 1.82) is 5.26 Å². The van der Waals surface area contributed by atoms with Gasteiger partial charge in [0.15, 0.2) is 5.16 Å². The number of carbonyl (C=O) groups is 1. The number of hydrogen-bond acceptors (Lipinski definition) is 7. The van der Waals surface area contributed by atoms with E-state index in [1.807, 2.05) is 30.3 Å². The van der Waals surface area contributed by atoms with Crippen LogP contribution in [0.25, 0.3) is 15.9 Å². The van der Waals surface area contributed by atoms with E-state index in [2.05, 4.69) is 18.3 Å². The molecule has 166 valence electrons. The largest absolute Gasteiger partial charge is 0.316 e. The standard InChI is InChI=1S/C24H20N4O2S3/c1-14-7-8-17-18(11-14)33-22-20(17)23(30)28(16-5-3-2-4-6-16)24(27-22)32-13-19(29)26-21-15(12-25)9-10-31-21/h2-6,9-10,14H,7-8,11,13H2,1H3,(H,26,29)/t14-/m1/s1. The number of benzene rings is 1. The summed E-state index contributed by atoms with van der Waals surface area (Å²) in [4.78, 5) is 33.2. The highest BCUT2D eigenvalue weighted by Gasteiger charge is 2.25. The van der Waals surface area contributed by atoms with Crippen LogP contribution in [-0.4, -0.2) is 21.2 Å². The number of nitrogens with zero attached hydrogens (tertiary/aromatic N) is 3. The first-order valence-corrected chi connectivity index (χ1v) is 13.3. The van der Waals surface area contributed by atoms with Crippen LogP contribution in [0.5, 0.6) is 0 Å². The van der Waals surface area contributed by atoms with Gasteiger partial charge in [-0.05, 0) is 54.3 Å². The summed E-state index contributed by atoms with van der Waals surface area (Å²) in [5, 5.41) is 15.5. The zero-order valence-electron chi connectivity index (χ0n) is 17.8. The molecule has 4 aromatic rings. The molecule has 0 aliphatic heterocycles. The van der Waals surface area contributed by atoms with Crippen LogP contribution in [0, 0.1) is 17.2 Å². The fraction of sp³-hybridized carbons (Fsp3) is 0.250. The van der Waals surface area contributed by atoms with Gasteiger partial charge in [-0.1, -0.05) is 36.9 Å². The van der Waals surface area contributed by atoms with Crippen molar-refractivity contribution in [2.24, 2.45) is 5.92 Å². The Labute approximate surface area is 202 Å². The number of nitrogens with one attached hydrogen (secondary N) is 1. The predicted molar refractivity (Wildman–Crippen MR) is 135 cm³/mol. The average molecular weight is 493 g/mol. The van der Waals surface area contributed by atoms with E-state index in [-0.39, 0.29) is 17.2 Å². The fourth-order valence-electron chi connectivity index (χ4n) is 4.06. The number of carbonyl (C=O) groups excluding carboxylic acids is 1. The van der Waals surface area contributed by atoms with Crippen molar-refractivity contribution in [2.75, 3.05) is 11.1 Å². The lowest BCUT2D eigenvalue weighted by molar-refractivity contribution is -0.113. The van der Waals surface area contributed by atoms with E-state index in [9.17, 15) is 9.59 Å². The molecule has 1 N–H and O–H groups in total. The third-order valence-corrected chi connectivity index (χ3v) is 8.60. The highest BCUT2D eigenvalue weighted by molar-refractivity contribution is 7.99. The first kappa shape index (κ1) is 21.9. The molecule has 0 saturated carbocycles. The molecule has 1 atom stereocenters. The molecular weight excluding hydrogens is 472 g/mol. The number of thiophene rings is 2. The quantitative estimate of drug-likeness (QED) is 0.304. The van der Waals surface area contributed by atoms with Crippen molar-refractivity contribution in [3.8, 4) is 11.8 Å². The van der Waals surface area contributed by atoms with Gasteiger partial charge in [0, 0.05) is 4.88 Å². The molecule has 5 rings (SSSR count). The summed E-state index contributed by atoms with van der Waals surface area (Å²) in [6.45, 7) is 2.24. The second-order valence-corrected chi connectivity index (χ2v) is 11.0. The molecule has 1 aliphatic rings. The van der Waals surface area contributed by atoms with Crippen molar-refractivity contribution in [2.45, 2.75) is 31.3 Å². The minimum absolute atomic E-state index is 0.0776. The lowest BCUT2D eigenvalue weighted by atomic mass is 9.89. The van der Waals surface area contributed by atoms with Gasteiger partial charge in [-0.15, -0.1) is 22.7 Å². The molecule has 0 bridgehead atoms. The number of nitriles is 1. The molecule has 6 nitrogen and oxygen atoms in total. The molecule has 1 aromatic carbocycles. The van der Waals surface area contributed by atoms with Gasteiger partial charge in [-0.3, -0.25) is 14.2 Å². The summed E-state index contributed by atoms with van der Waals surface area (Å²) < 4.78 is 1.62. The van der Waals surface area contributed by atoms with Crippen LogP contribution >= 0.6 is 34.4 Å². The molecule has 3 aromatic heterocycles. The number of hydrogen-bond donors (Lipinski definition) is 1. The molecule has 0 fully saturated rings. The van der Waals surface area contributed by atoms with Crippen molar-refractivity contribution >= 4 is 55.6 Å². The highest BCUT2D eigenvalue weighted by Crippen LogP contribution is 2.37. The maximum atomic E-state index is 13.7. The second kappa shape index (κ2) is 9.14. The monoisotopic (exact) mass is 492 g/mol. The Kier molecular flexibility index (Phi) is 6.06. The number of amides is 1. The van der Waals surface area contributed by atoms with Gasteiger partial charge >= 0.3 is 0 Å². The number of aromatic nitrogens is 2. The van der Waals surface area contributed by atoms with E-state index in [0.29, 0.717) is 21.6 Å². The number of rotatable bonds is 5. The molecule has 9 heteroatoms. The molecule has 1 aliphatic carbocycles. The summed E-state index contributed by atoms with van der Waals surface area (Å²) in [5.74, 6) is 0.442. The summed E-state index contributed by atoms with van der Waals surface area (Å²) >= 11 is 4.15. The summed E-state index contributed by atoms with van der Waals surface area (Å²) in [6, 6.07) is 13.2. The smallest absolute Gasteiger partial charge is 0.267 e. The van der Waals surface area contributed by atoms with Crippen LogP contribution in [0.15, 0.2) is 51.7 Å². The van der Waals surface area contributed by atoms with E-state index < -0.39 is 0 Å². The average Bonchev–Trinajstić information content (AvgIpc) is 3.41. The van der Waals surface area contributed by atoms with Gasteiger partial charge in [0.1, 0.15) is 15.9 Å². The van der Waals surface area contributed by atoms with Gasteiger partial charge in [0.2, 0.25) is 5.91 Å². The Morgan fingerprint density at radius 2 is 2.15 bits per heavy atom. The molecule has 0 saturated heterocycles. The van der Waals surface area contributed by atoms with Crippen LogP contribution in [0.4, 0.5) is 5.00 Å². The third-order valence-electron chi connectivity index (χ3n) is 5.68. The third kappa shape index (κ3) is 4.22. The first-order valence-electron chi connectivity index (χ1n) is 10.6. The molecular formula is C24H20N4O2S3. The van der Waals surface area contributed by atoms with Crippen molar-refractivity contribution in [3.63, 3.8) is 0 Å². The lowest BCUT2D eigenvalue weighted by Crippen LogP contribution is -2.23. The Bertz CT molecular complexity index is 1450. The van der Waals surface area contributed by atoms with Crippen molar-refractivity contribution in [3.05, 3.63) is 68.1 Å². The highest BCUT2D eigenvalue weighted by atomic mass is 32.2. The maximum Gasteiger partial charge on any atom is 0.267 e. The van der Waals surface area contributed by atoms with Crippen LogP contribution in [-0.2, 0) is 17.6 Å². The predicted octanol–water partition coefficient (Wildman–Crippen LogP) is 5.24. The van der Waals surface area contributed by atoms with Gasteiger partial charge in [-0.2, -0.15) is 5.26 Å². The molecule has 3 heterocycles. The van der Waals surface area contributed by atoms with Crippen molar-refractivity contribution < 1.29 is 4.79 Å². The summed E-state index contributed by atoms with van der Waals surface area (Å²) in [7, 11) is 0. The minimum Gasteiger partial charge on any atom is -0.316 e. The Hall–Kier alpha value is -2.93. The number of para-hydroxylation sites is 1.